The van der Waals surface area contributed by atoms with Crippen molar-refractivity contribution in [3.63, 3.8) is 0 Å². The van der Waals surface area contributed by atoms with Crippen LogP contribution in [0.1, 0.15) is 31.0 Å². The molecule has 4 heteroatoms. The second-order valence-corrected chi connectivity index (χ2v) is 6.98. The average molecular weight is 349 g/mol. The Kier molecular flexibility index (Phi) is 5.74. The fourth-order valence-electron chi connectivity index (χ4n) is 3.08. The molecular weight excluding hydrogens is 322 g/mol. The Bertz CT molecular complexity index is 850. The lowest BCUT2D eigenvalue weighted by molar-refractivity contribution is 0.397. The largest absolute Gasteiger partial charge is 0.508 e. The summed E-state index contributed by atoms with van der Waals surface area (Å²) in [6.45, 7) is 2.99. The van der Waals surface area contributed by atoms with Gasteiger partial charge in [0.25, 0.3) is 0 Å². The van der Waals surface area contributed by atoms with E-state index in [1.807, 2.05) is 26.2 Å². The van der Waals surface area contributed by atoms with E-state index in [1.54, 1.807) is 12.1 Å². The molecular formula is C22H27N3O. The average Bonchev–Trinajstić information content (AvgIpc) is 3.03. The maximum Gasteiger partial charge on any atom is 0.144 e. The van der Waals surface area contributed by atoms with Gasteiger partial charge in [-0.2, -0.15) is 0 Å². The van der Waals surface area contributed by atoms with Gasteiger partial charge < -0.3 is 10.0 Å². The van der Waals surface area contributed by atoms with E-state index in [9.17, 15) is 5.11 Å². The fourth-order valence-corrected chi connectivity index (χ4v) is 3.08. The molecule has 0 atom stereocenters. The van der Waals surface area contributed by atoms with Crippen molar-refractivity contribution in [2.24, 2.45) is 0 Å². The van der Waals surface area contributed by atoms with Crippen molar-refractivity contribution in [1.82, 2.24) is 14.5 Å². The highest BCUT2D eigenvalue weighted by atomic mass is 16.3. The molecule has 26 heavy (non-hydrogen) atoms. The van der Waals surface area contributed by atoms with E-state index in [4.69, 9.17) is 4.98 Å². The number of aryl methyl sites for hydroxylation is 1. The number of unbranched alkanes of at least 4 members (excludes halogenated alkanes) is 1. The first-order chi connectivity index (χ1) is 12.6. The molecule has 4 nitrogen and oxygen atoms in total. The van der Waals surface area contributed by atoms with Gasteiger partial charge in [-0.05, 0) is 56.8 Å². The van der Waals surface area contributed by atoms with Crippen LogP contribution in [0.3, 0.4) is 0 Å². The van der Waals surface area contributed by atoms with Gasteiger partial charge in [0.2, 0.25) is 0 Å². The number of phenols is 1. The van der Waals surface area contributed by atoms with Gasteiger partial charge in [-0.3, -0.25) is 4.57 Å². The molecule has 0 aliphatic rings. The Morgan fingerprint density at radius 3 is 2.50 bits per heavy atom. The molecule has 1 aromatic heterocycles. The normalized spacial score (nSPS) is 11.2. The third kappa shape index (κ3) is 4.33. The Hall–Kier alpha value is -2.59. The third-order valence-electron chi connectivity index (χ3n) is 4.37. The fraction of sp³-hybridized carbons (Fsp3) is 0.318. The van der Waals surface area contributed by atoms with E-state index >= 15 is 0 Å². The van der Waals surface area contributed by atoms with Crippen molar-refractivity contribution >= 4 is 0 Å². The minimum atomic E-state index is 0.251. The first-order valence-electron chi connectivity index (χ1n) is 9.18. The van der Waals surface area contributed by atoms with Gasteiger partial charge in [-0.25, -0.2) is 4.98 Å². The Balaban J connectivity index is 2.00. The second kappa shape index (κ2) is 8.19. The zero-order valence-corrected chi connectivity index (χ0v) is 15.8. The first-order valence-corrected chi connectivity index (χ1v) is 9.18. The molecule has 0 radical (unpaired) electrons. The van der Waals surface area contributed by atoms with Crippen LogP contribution in [0.5, 0.6) is 5.75 Å². The molecule has 1 N–H and O–H groups in total. The molecule has 3 aromatic rings. The topological polar surface area (TPSA) is 41.3 Å². The maximum absolute atomic E-state index is 9.86. The minimum Gasteiger partial charge on any atom is -0.508 e. The standard InChI is InChI=1S/C22H27N3O/c1-4-5-7-17-10-12-20(13-11-17)25-16-19(15-24(2)3)23-22(25)18-8-6-9-21(26)14-18/h6,8-14,16,26H,4-5,7,15H2,1-3H3. The van der Waals surface area contributed by atoms with Crippen molar-refractivity contribution in [2.45, 2.75) is 32.7 Å². The number of imidazole rings is 1. The second-order valence-electron chi connectivity index (χ2n) is 6.98. The van der Waals surface area contributed by atoms with Gasteiger partial charge in [0.05, 0.1) is 5.69 Å². The van der Waals surface area contributed by atoms with Gasteiger partial charge in [0, 0.05) is 24.0 Å². The molecule has 0 amide bonds. The Morgan fingerprint density at radius 2 is 1.85 bits per heavy atom. The van der Waals surface area contributed by atoms with E-state index in [2.05, 4.69) is 46.9 Å². The Morgan fingerprint density at radius 1 is 1.08 bits per heavy atom. The molecule has 0 spiro atoms. The number of benzene rings is 2. The van der Waals surface area contributed by atoms with E-state index in [0.717, 1.165) is 35.7 Å². The lowest BCUT2D eigenvalue weighted by atomic mass is 10.1. The molecule has 0 saturated carbocycles. The summed E-state index contributed by atoms with van der Waals surface area (Å²) in [6.07, 6.45) is 5.62. The van der Waals surface area contributed by atoms with Crippen LogP contribution in [-0.2, 0) is 13.0 Å². The lowest BCUT2D eigenvalue weighted by Crippen LogP contribution is -2.10. The molecule has 0 bridgehead atoms. The summed E-state index contributed by atoms with van der Waals surface area (Å²) in [7, 11) is 4.07. The predicted molar refractivity (Wildman–Crippen MR) is 107 cm³/mol. The van der Waals surface area contributed by atoms with Crippen LogP contribution >= 0.6 is 0 Å². The van der Waals surface area contributed by atoms with Crippen molar-refractivity contribution in [3.8, 4) is 22.8 Å². The number of aromatic nitrogens is 2. The summed E-state index contributed by atoms with van der Waals surface area (Å²) >= 11 is 0. The SMILES string of the molecule is CCCCc1ccc(-n2cc(CN(C)C)nc2-c2cccc(O)c2)cc1. The van der Waals surface area contributed by atoms with Crippen molar-refractivity contribution < 1.29 is 5.11 Å². The summed E-state index contributed by atoms with van der Waals surface area (Å²) < 4.78 is 2.11. The van der Waals surface area contributed by atoms with E-state index in [-0.39, 0.29) is 5.75 Å². The highest BCUT2D eigenvalue weighted by Gasteiger charge is 2.13. The Labute approximate surface area is 155 Å². The molecule has 1 heterocycles. The van der Waals surface area contributed by atoms with E-state index in [1.165, 1.54) is 18.4 Å². The van der Waals surface area contributed by atoms with Crippen molar-refractivity contribution in [3.05, 3.63) is 66.0 Å². The summed E-state index contributed by atoms with van der Waals surface area (Å²) in [5, 5.41) is 9.86. The summed E-state index contributed by atoms with van der Waals surface area (Å²) in [4.78, 5) is 6.92. The lowest BCUT2D eigenvalue weighted by Gasteiger charge is -2.09. The predicted octanol–water partition coefficient (Wildman–Crippen LogP) is 4.65. The van der Waals surface area contributed by atoms with Crippen LogP contribution < -0.4 is 0 Å². The smallest absolute Gasteiger partial charge is 0.144 e. The van der Waals surface area contributed by atoms with Gasteiger partial charge >= 0.3 is 0 Å². The molecule has 0 fully saturated rings. The van der Waals surface area contributed by atoms with Gasteiger partial charge in [-0.15, -0.1) is 0 Å². The molecule has 136 valence electrons. The first kappa shape index (κ1) is 18.2. The monoisotopic (exact) mass is 349 g/mol. The third-order valence-corrected chi connectivity index (χ3v) is 4.37. The number of rotatable bonds is 7. The summed E-state index contributed by atoms with van der Waals surface area (Å²) in [5.41, 5.74) is 4.36. The van der Waals surface area contributed by atoms with Gasteiger partial charge in [0.15, 0.2) is 0 Å². The van der Waals surface area contributed by atoms with Gasteiger partial charge in [-0.1, -0.05) is 37.6 Å². The number of phenolic OH excluding ortho intramolecular Hbond substituents is 1. The van der Waals surface area contributed by atoms with Crippen LogP contribution in [-0.4, -0.2) is 33.7 Å². The maximum atomic E-state index is 9.86. The number of hydrogen-bond acceptors (Lipinski definition) is 3. The molecule has 0 saturated heterocycles. The molecule has 3 rings (SSSR count). The minimum absolute atomic E-state index is 0.251. The number of hydrogen-bond donors (Lipinski definition) is 1. The quantitative estimate of drug-likeness (QED) is 0.675. The van der Waals surface area contributed by atoms with E-state index in [0.29, 0.717) is 0 Å². The number of aromatic hydroxyl groups is 1. The van der Waals surface area contributed by atoms with Crippen LogP contribution in [0.2, 0.25) is 0 Å². The molecule has 0 aliphatic carbocycles. The van der Waals surface area contributed by atoms with Crippen LogP contribution in [0.15, 0.2) is 54.7 Å². The summed E-state index contributed by atoms with van der Waals surface area (Å²) in [5.74, 6) is 1.10. The highest BCUT2D eigenvalue weighted by molar-refractivity contribution is 5.61. The highest BCUT2D eigenvalue weighted by Crippen LogP contribution is 2.26. The van der Waals surface area contributed by atoms with Crippen molar-refractivity contribution in [1.29, 1.82) is 0 Å². The van der Waals surface area contributed by atoms with Gasteiger partial charge in [0.1, 0.15) is 11.6 Å². The molecule has 2 aromatic carbocycles. The van der Waals surface area contributed by atoms with E-state index < -0.39 is 0 Å². The zero-order chi connectivity index (χ0) is 18.5. The molecule has 0 aliphatic heterocycles. The van der Waals surface area contributed by atoms with Crippen molar-refractivity contribution in [2.75, 3.05) is 14.1 Å². The summed E-state index contributed by atoms with van der Waals surface area (Å²) in [6, 6.07) is 16.0. The van der Waals surface area contributed by atoms with Crippen LogP contribution in [0.25, 0.3) is 17.1 Å². The number of nitrogens with zero attached hydrogens (tertiary/aromatic N) is 3. The van der Waals surface area contributed by atoms with Crippen LogP contribution in [0.4, 0.5) is 0 Å². The van der Waals surface area contributed by atoms with Crippen LogP contribution in [0, 0.1) is 0 Å². The molecule has 0 unspecified atom stereocenters. The zero-order valence-electron chi connectivity index (χ0n) is 15.8.